The molecule has 5 nitrogen and oxygen atoms in total. The van der Waals surface area contributed by atoms with Gasteiger partial charge in [0.15, 0.2) is 0 Å². The third kappa shape index (κ3) is 3.97. The van der Waals surface area contributed by atoms with Crippen LogP contribution in [0.15, 0.2) is 48.8 Å². The average Bonchev–Trinajstić information content (AvgIpc) is 2.78. The summed E-state index contributed by atoms with van der Waals surface area (Å²) in [6.45, 7) is 6.33. The van der Waals surface area contributed by atoms with Gasteiger partial charge in [-0.15, -0.1) is 0 Å². The van der Waals surface area contributed by atoms with E-state index >= 15 is 0 Å². The summed E-state index contributed by atoms with van der Waals surface area (Å²) in [6.07, 6.45) is 15.3. The van der Waals surface area contributed by atoms with E-state index in [1.807, 2.05) is 48.3 Å². The third-order valence-electron chi connectivity index (χ3n) is 4.56. The highest BCUT2D eigenvalue weighted by atomic mass is 16.2. The Morgan fingerprint density at radius 2 is 1.92 bits per heavy atom. The summed E-state index contributed by atoms with van der Waals surface area (Å²) in [6, 6.07) is 0.286. The van der Waals surface area contributed by atoms with Crippen LogP contribution in [0.3, 0.4) is 0 Å². The standard InChI is InChI=1S/C19H24N4O/c1-14-12-23(19(24)16-7-5-3-4-6-8-16)13-18(14)22-11-17-10-20-15(2)9-21-17/h3-10,14,16,18,22H,11-13H2,1-2H3. The van der Waals surface area contributed by atoms with Crippen LogP contribution in [0.5, 0.6) is 0 Å². The molecule has 126 valence electrons. The number of nitrogens with one attached hydrogen (secondary N) is 1. The lowest BCUT2D eigenvalue weighted by Gasteiger charge is -2.20. The monoisotopic (exact) mass is 324 g/mol. The molecule has 2 heterocycles. The molecule has 1 aromatic rings. The molecule has 5 heteroatoms. The minimum Gasteiger partial charge on any atom is -0.340 e. The lowest BCUT2D eigenvalue weighted by molar-refractivity contribution is -0.131. The average molecular weight is 324 g/mol. The maximum atomic E-state index is 12.7. The van der Waals surface area contributed by atoms with E-state index in [2.05, 4.69) is 22.2 Å². The van der Waals surface area contributed by atoms with E-state index in [4.69, 9.17) is 0 Å². The largest absolute Gasteiger partial charge is 0.340 e. The Labute approximate surface area is 143 Å². The van der Waals surface area contributed by atoms with E-state index in [1.165, 1.54) is 0 Å². The van der Waals surface area contributed by atoms with E-state index in [1.54, 1.807) is 12.4 Å². The van der Waals surface area contributed by atoms with Crippen LogP contribution in [-0.4, -0.2) is 39.9 Å². The molecule has 1 aliphatic heterocycles. The predicted molar refractivity (Wildman–Crippen MR) is 94.1 cm³/mol. The topological polar surface area (TPSA) is 58.1 Å². The molecule has 3 rings (SSSR count). The SMILES string of the molecule is Cc1cnc(CNC2CN(C(=O)C3C=CC=CC=C3)CC2C)cn1. The normalized spacial score (nSPS) is 23.7. The van der Waals surface area contributed by atoms with Gasteiger partial charge in [-0.05, 0) is 12.8 Å². The zero-order valence-corrected chi connectivity index (χ0v) is 14.2. The third-order valence-corrected chi connectivity index (χ3v) is 4.56. The zero-order chi connectivity index (χ0) is 16.9. The molecule has 1 amide bonds. The van der Waals surface area contributed by atoms with Gasteiger partial charge in [0.25, 0.3) is 0 Å². The van der Waals surface area contributed by atoms with Crippen molar-refractivity contribution < 1.29 is 4.79 Å². The van der Waals surface area contributed by atoms with Crippen LogP contribution in [0.1, 0.15) is 18.3 Å². The Bertz CT molecular complexity index is 646. The molecule has 1 aliphatic carbocycles. The van der Waals surface area contributed by atoms with E-state index in [-0.39, 0.29) is 17.9 Å². The van der Waals surface area contributed by atoms with Crippen molar-refractivity contribution in [2.45, 2.75) is 26.4 Å². The number of nitrogens with zero attached hydrogens (tertiary/aromatic N) is 3. The molecular weight excluding hydrogens is 300 g/mol. The quantitative estimate of drug-likeness (QED) is 0.920. The van der Waals surface area contributed by atoms with Crippen LogP contribution < -0.4 is 5.32 Å². The minimum absolute atomic E-state index is 0.158. The van der Waals surface area contributed by atoms with E-state index < -0.39 is 0 Å². The van der Waals surface area contributed by atoms with Crippen LogP contribution in [0.2, 0.25) is 0 Å². The summed E-state index contributed by atoms with van der Waals surface area (Å²) in [4.78, 5) is 23.3. The first kappa shape index (κ1) is 16.6. The lowest BCUT2D eigenvalue weighted by Crippen LogP contribution is -2.38. The molecule has 0 radical (unpaired) electrons. The fourth-order valence-corrected chi connectivity index (χ4v) is 3.09. The second-order valence-corrected chi connectivity index (χ2v) is 6.54. The number of hydrogen-bond acceptors (Lipinski definition) is 4. The number of aryl methyl sites for hydroxylation is 1. The summed E-state index contributed by atoms with van der Waals surface area (Å²) in [5.74, 6) is 0.440. The van der Waals surface area contributed by atoms with Crippen molar-refractivity contribution in [1.29, 1.82) is 0 Å². The Balaban J connectivity index is 1.56. The molecule has 24 heavy (non-hydrogen) atoms. The first-order chi connectivity index (χ1) is 11.6. The Morgan fingerprint density at radius 3 is 2.58 bits per heavy atom. The molecule has 2 aliphatic rings. The molecule has 2 atom stereocenters. The van der Waals surface area contributed by atoms with Crippen LogP contribution in [-0.2, 0) is 11.3 Å². The van der Waals surface area contributed by atoms with Crippen molar-refractivity contribution in [3.63, 3.8) is 0 Å². The van der Waals surface area contributed by atoms with Crippen LogP contribution in [0.25, 0.3) is 0 Å². The molecule has 0 aromatic carbocycles. The van der Waals surface area contributed by atoms with Crippen LogP contribution >= 0.6 is 0 Å². The molecule has 1 fully saturated rings. The van der Waals surface area contributed by atoms with Gasteiger partial charge in [0.2, 0.25) is 5.91 Å². The van der Waals surface area contributed by atoms with Gasteiger partial charge in [0, 0.05) is 38.1 Å². The highest BCUT2D eigenvalue weighted by Crippen LogP contribution is 2.20. The van der Waals surface area contributed by atoms with Crippen molar-refractivity contribution in [2.24, 2.45) is 11.8 Å². The number of aromatic nitrogens is 2. The highest BCUT2D eigenvalue weighted by molar-refractivity contribution is 5.83. The first-order valence-corrected chi connectivity index (χ1v) is 8.45. The Hall–Kier alpha value is -2.27. The van der Waals surface area contributed by atoms with Crippen LogP contribution in [0, 0.1) is 18.8 Å². The maximum Gasteiger partial charge on any atom is 0.233 e. The molecule has 2 unspecified atom stereocenters. The number of rotatable bonds is 4. The Kier molecular flexibility index (Phi) is 5.20. The van der Waals surface area contributed by atoms with Gasteiger partial charge in [0.1, 0.15) is 0 Å². The number of carbonyl (C=O) groups excluding carboxylic acids is 1. The van der Waals surface area contributed by atoms with Gasteiger partial charge in [-0.25, -0.2) is 0 Å². The number of likely N-dealkylation sites (tertiary alicyclic amines) is 1. The Morgan fingerprint density at radius 1 is 1.17 bits per heavy atom. The van der Waals surface area contributed by atoms with Crippen LogP contribution in [0.4, 0.5) is 0 Å². The molecule has 1 aromatic heterocycles. The maximum absolute atomic E-state index is 12.7. The molecule has 0 spiro atoms. The first-order valence-electron chi connectivity index (χ1n) is 8.45. The number of hydrogen-bond donors (Lipinski definition) is 1. The fraction of sp³-hybridized carbons (Fsp3) is 0.421. The van der Waals surface area contributed by atoms with Gasteiger partial charge in [-0.3, -0.25) is 14.8 Å². The van der Waals surface area contributed by atoms with Gasteiger partial charge < -0.3 is 10.2 Å². The van der Waals surface area contributed by atoms with Crippen molar-refractivity contribution in [2.75, 3.05) is 13.1 Å². The van der Waals surface area contributed by atoms with Gasteiger partial charge in [0.05, 0.1) is 17.3 Å². The van der Waals surface area contributed by atoms with E-state index in [0.29, 0.717) is 12.5 Å². The van der Waals surface area contributed by atoms with Crippen molar-refractivity contribution in [3.8, 4) is 0 Å². The smallest absolute Gasteiger partial charge is 0.233 e. The predicted octanol–water partition coefficient (Wildman–Crippen LogP) is 2.02. The summed E-state index contributed by atoms with van der Waals surface area (Å²) in [5.41, 5.74) is 1.85. The minimum atomic E-state index is -0.158. The molecular formula is C19H24N4O. The summed E-state index contributed by atoms with van der Waals surface area (Å²) < 4.78 is 0. The summed E-state index contributed by atoms with van der Waals surface area (Å²) in [7, 11) is 0. The zero-order valence-electron chi connectivity index (χ0n) is 14.2. The van der Waals surface area contributed by atoms with Gasteiger partial charge in [-0.1, -0.05) is 43.4 Å². The highest BCUT2D eigenvalue weighted by Gasteiger charge is 2.33. The fourth-order valence-electron chi connectivity index (χ4n) is 3.09. The number of amides is 1. The van der Waals surface area contributed by atoms with E-state index in [0.717, 1.165) is 24.5 Å². The second-order valence-electron chi connectivity index (χ2n) is 6.54. The molecule has 1 N–H and O–H groups in total. The van der Waals surface area contributed by atoms with Crippen molar-refractivity contribution in [1.82, 2.24) is 20.2 Å². The lowest BCUT2D eigenvalue weighted by atomic mass is 10.1. The summed E-state index contributed by atoms with van der Waals surface area (Å²) in [5, 5.41) is 3.52. The van der Waals surface area contributed by atoms with Crippen molar-refractivity contribution in [3.05, 3.63) is 60.2 Å². The number of allylic oxidation sites excluding steroid dienone is 4. The van der Waals surface area contributed by atoms with E-state index in [9.17, 15) is 4.79 Å². The van der Waals surface area contributed by atoms with Gasteiger partial charge in [-0.2, -0.15) is 0 Å². The van der Waals surface area contributed by atoms with Gasteiger partial charge >= 0.3 is 0 Å². The molecule has 0 bridgehead atoms. The molecule has 1 saturated heterocycles. The number of carbonyl (C=O) groups is 1. The summed E-state index contributed by atoms with van der Waals surface area (Å²) >= 11 is 0. The van der Waals surface area contributed by atoms with Crippen molar-refractivity contribution >= 4 is 5.91 Å². The second kappa shape index (κ2) is 7.53. The molecule has 0 saturated carbocycles.